The number of rotatable bonds is 5. The number of carboxylic acids is 1. The average Bonchev–Trinajstić information content (AvgIpc) is 2.81. The van der Waals surface area contributed by atoms with Crippen molar-refractivity contribution in [1.82, 2.24) is 5.32 Å². The second-order valence-corrected chi connectivity index (χ2v) is 4.18. The molecule has 2 amide bonds. The molecule has 1 aromatic heterocycles. The average molecular weight is 276 g/mol. The Morgan fingerprint density at radius 2 is 2.00 bits per heavy atom. The van der Waals surface area contributed by atoms with E-state index in [9.17, 15) is 14.4 Å². The predicted octanol–water partition coefficient (Wildman–Crippen LogP) is 0.491. The Hall–Kier alpha value is -2.83. The number of carbonyl (C=O) groups excluding carboxylic acids is 2. The molecule has 0 spiro atoms. The number of nitrogens with one attached hydrogen (secondary N) is 1. The number of furan rings is 1. The normalized spacial score (nSPS) is 12.0. The zero-order valence-corrected chi connectivity index (χ0v) is 10.3. The Morgan fingerprint density at radius 3 is 2.65 bits per heavy atom. The zero-order chi connectivity index (χ0) is 14.7. The van der Waals surface area contributed by atoms with Crippen LogP contribution in [0, 0.1) is 0 Å². The van der Waals surface area contributed by atoms with Crippen LogP contribution in [0.5, 0.6) is 0 Å². The first-order chi connectivity index (χ1) is 9.49. The van der Waals surface area contributed by atoms with Crippen molar-refractivity contribution >= 4 is 28.8 Å². The van der Waals surface area contributed by atoms with Crippen LogP contribution in [0.25, 0.3) is 11.0 Å². The van der Waals surface area contributed by atoms with Gasteiger partial charge < -0.3 is 20.6 Å². The number of amides is 2. The number of fused-ring (bicyclic) bond motifs is 1. The smallest absolute Gasteiger partial charge is 0.326 e. The number of carbonyl (C=O) groups is 3. The summed E-state index contributed by atoms with van der Waals surface area (Å²) in [4.78, 5) is 33.8. The number of aliphatic carboxylic acids is 1. The standard InChI is InChI=1S/C13H12N2O5/c14-11(16)5-9(13(18)19)15-12(17)8-6-20-10-4-2-1-3-7(8)10/h1-4,6,9H,5H2,(H2,14,16)(H,15,17)(H,18,19). The number of para-hydroxylation sites is 1. The molecule has 0 saturated heterocycles. The molecule has 1 unspecified atom stereocenters. The zero-order valence-electron chi connectivity index (χ0n) is 10.3. The van der Waals surface area contributed by atoms with Crippen molar-refractivity contribution in [1.29, 1.82) is 0 Å². The molecule has 0 saturated carbocycles. The lowest BCUT2D eigenvalue weighted by atomic mass is 10.1. The molecule has 2 aromatic rings. The van der Waals surface area contributed by atoms with Gasteiger partial charge in [0.15, 0.2) is 0 Å². The summed E-state index contributed by atoms with van der Waals surface area (Å²) in [6.45, 7) is 0. The van der Waals surface area contributed by atoms with Crippen molar-refractivity contribution in [2.24, 2.45) is 5.73 Å². The third kappa shape index (κ3) is 2.77. The fraction of sp³-hybridized carbons (Fsp3) is 0.154. The quantitative estimate of drug-likeness (QED) is 0.733. The number of benzene rings is 1. The second kappa shape index (κ2) is 5.43. The van der Waals surface area contributed by atoms with E-state index in [0.29, 0.717) is 11.0 Å². The molecule has 7 nitrogen and oxygen atoms in total. The van der Waals surface area contributed by atoms with Gasteiger partial charge >= 0.3 is 5.97 Å². The molecule has 0 aliphatic rings. The fourth-order valence-electron chi connectivity index (χ4n) is 1.79. The molecule has 1 heterocycles. The molecule has 0 aliphatic heterocycles. The Labute approximate surface area is 113 Å². The Balaban J connectivity index is 2.22. The minimum atomic E-state index is -1.37. The Morgan fingerprint density at radius 1 is 1.30 bits per heavy atom. The lowest BCUT2D eigenvalue weighted by Gasteiger charge is -2.11. The van der Waals surface area contributed by atoms with E-state index in [2.05, 4.69) is 5.32 Å². The molecule has 1 aromatic carbocycles. The Kier molecular flexibility index (Phi) is 3.69. The van der Waals surface area contributed by atoms with Crippen molar-refractivity contribution in [2.45, 2.75) is 12.5 Å². The van der Waals surface area contributed by atoms with Crippen LogP contribution in [-0.4, -0.2) is 28.9 Å². The van der Waals surface area contributed by atoms with Crippen LogP contribution in [0.2, 0.25) is 0 Å². The van der Waals surface area contributed by atoms with Gasteiger partial charge in [0.25, 0.3) is 5.91 Å². The van der Waals surface area contributed by atoms with Gasteiger partial charge in [-0.2, -0.15) is 0 Å². The van der Waals surface area contributed by atoms with Crippen molar-refractivity contribution < 1.29 is 23.9 Å². The van der Waals surface area contributed by atoms with Gasteiger partial charge in [0.2, 0.25) is 5.91 Å². The molecule has 0 radical (unpaired) electrons. The first-order valence-electron chi connectivity index (χ1n) is 5.77. The topological polar surface area (TPSA) is 123 Å². The van der Waals surface area contributed by atoms with E-state index in [4.69, 9.17) is 15.3 Å². The van der Waals surface area contributed by atoms with E-state index >= 15 is 0 Å². The molecule has 0 bridgehead atoms. The van der Waals surface area contributed by atoms with E-state index in [0.717, 1.165) is 0 Å². The van der Waals surface area contributed by atoms with Crippen molar-refractivity contribution in [3.05, 3.63) is 36.1 Å². The summed E-state index contributed by atoms with van der Waals surface area (Å²) in [6, 6.07) is 5.48. The third-order valence-corrected chi connectivity index (χ3v) is 2.73. The van der Waals surface area contributed by atoms with E-state index in [1.165, 1.54) is 6.26 Å². The molecule has 0 fully saturated rings. The van der Waals surface area contributed by atoms with Gasteiger partial charge in [-0.3, -0.25) is 9.59 Å². The van der Waals surface area contributed by atoms with Crippen molar-refractivity contribution in [3.8, 4) is 0 Å². The summed E-state index contributed by atoms with van der Waals surface area (Å²) in [6.07, 6.45) is 0.764. The summed E-state index contributed by atoms with van der Waals surface area (Å²) in [5, 5.41) is 11.7. The van der Waals surface area contributed by atoms with Crippen LogP contribution in [0.4, 0.5) is 0 Å². The van der Waals surface area contributed by atoms with Crippen LogP contribution < -0.4 is 11.1 Å². The summed E-state index contributed by atoms with van der Waals surface area (Å²) in [7, 11) is 0. The summed E-state index contributed by atoms with van der Waals surface area (Å²) in [5.41, 5.74) is 5.66. The number of nitrogens with two attached hydrogens (primary N) is 1. The van der Waals surface area contributed by atoms with E-state index < -0.39 is 30.2 Å². The third-order valence-electron chi connectivity index (χ3n) is 2.73. The first-order valence-corrected chi connectivity index (χ1v) is 5.77. The maximum absolute atomic E-state index is 12.0. The van der Waals surface area contributed by atoms with Gasteiger partial charge in [0.05, 0.1) is 12.0 Å². The van der Waals surface area contributed by atoms with Crippen LogP contribution in [0.1, 0.15) is 16.8 Å². The summed E-state index contributed by atoms with van der Waals surface area (Å²) >= 11 is 0. The highest BCUT2D eigenvalue weighted by Gasteiger charge is 2.24. The molecule has 1 atom stereocenters. The highest BCUT2D eigenvalue weighted by Crippen LogP contribution is 2.20. The predicted molar refractivity (Wildman–Crippen MR) is 68.9 cm³/mol. The van der Waals surface area contributed by atoms with Crippen LogP contribution >= 0.6 is 0 Å². The summed E-state index contributed by atoms with van der Waals surface area (Å²) in [5.74, 6) is -2.77. The maximum atomic E-state index is 12.0. The fourth-order valence-corrected chi connectivity index (χ4v) is 1.79. The highest BCUT2D eigenvalue weighted by atomic mass is 16.4. The molecule has 104 valence electrons. The lowest BCUT2D eigenvalue weighted by molar-refractivity contribution is -0.140. The molecule has 4 N–H and O–H groups in total. The van der Waals surface area contributed by atoms with Crippen LogP contribution in [0.15, 0.2) is 34.9 Å². The van der Waals surface area contributed by atoms with E-state index in [-0.39, 0.29) is 5.56 Å². The van der Waals surface area contributed by atoms with Crippen LogP contribution in [0.3, 0.4) is 0 Å². The molecular formula is C13H12N2O5. The van der Waals surface area contributed by atoms with Crippen molar-refractivity contribution in [2.75, 3.05) is 0 Å². The molecule has 2 rings (SSSR count). The van der Waals surface area contributed by atoms with Crippen molar-refractivity contribution in [3.63, 3.8) is 0 Å². The van der Waals surface area contributed by atoms with E-state index in [1.54, 1.807) is 24.3 Å². The number of hydrogen-bond donors (Lipinski definition) is 3. The maximum Gasteiger partial charge on any atom is 0.326 e. The highest BCUT2D eigenvalue weighted by molar-refractivity contribution is 6.07. The summed E-state index contributed by atoms with van der Waals surface area (Å²) < 4.78 is 5.19. The molecular weight excluding hydrogens is 264 g/mol. The lowest BCUT2D eigenvalue weighted by Crippen LogP contribution is -2.43. The molecule has 20 heavy (non-hydrogen) atoms. The number of hydrogen-bond acceptors (Lipinski definition) is 4. The Bertz CT molecular complexity index is 676. The second-order valence-electron chi connectivity index (χ2n) is 4.18. The van der Waals surface area contributed by atoms with Gasteiger partial charge in [0, 0.05) is 5.39 Å². The van der Waals surface area contributed by atoms with Gasteiger partial charge in [-0.15, -0.1) is 0 Å². The van der Waals surface area contributed by atoms with E-state index in [1.807, 2.05) is 0 Å². The monoisotopic (exact) mass is 276 g/mol. The van der Waals surface area contributed by atoms with Gasteiger partial charge in [0.1, 0.15) is 17.9 Å². The van der Waals surface area contributed by atoms with Gasteiger partial charge in [-0.1, -0.05) is 18.2 Å². The SMILES string of the molecule is NC(=O)CC(NC(=O)c1coc2ccccc12)C(=O)O. The van der Waals surface area contributed by atoms with Crippen LogP contribution in [-0.2, 0) is 9.59 Å². The van der Waals surface area contributed by atoms with Gasteiger partial charge in [-0.25, -0.2) is 4.79 Å². The van der Waals surface area contributed by atoms with Gasteiger partial charge in [-0.05, 0) is 6.07 Å². The first kappa shape index (κ1) is 13.6. The minimum Gasteiger partial charge on any atom is -0.480 e. The number of primary amides is 1. The molecule has 7 heteroatoms. The number of carboxylic acid groups (broad SMARTS) is 1. The largest absolute Gasteiger partial charge is 0.480 e. The minimum absolute atomic E-state index is 0.205. The molecule has 0 aliphatic carbocycles.